The van der Waals surface area contributed by atoms with Gasteiger partial charge in [0.05, 0.1) is 41.5 Å². The van der Waals surface area contributed by atoms with E-state index in [0.717, 1.165) is 37.7 Å². The molecule has 19 unspecified atom stereocenters. The molecule has 9 nitrogen and oxygen atoms in total. The van der Waals surface area contributed by atoms with Crippen LogP contribution in [-0.4, -0.2) is 77.9 Å². The summed E-state index contributed by atoms with van der Waals surface area (Å²) in [5.74, 6) is 6.33. The number of nitrogens with one attached hydrogen (secondary N) is 1. The lowest BCUT2D eigenvalue weighted by Gasteiger charge is -2.61. The maximum atomic E-state index is 14.1. The Morgan fingerprint density at radius 3 is 2.47 bits per heavy atom. The molecule has 6 N–H and O–H groups in total. The van der Waals surface area contributed by atoms with Gasteiger partial charge in [-0.05, 0) is 160 Å². The summed E-state index contributed by atoms with van der Waals surface area (Å²) in [4.78, 5) is 30.9. The molecule has 6 fully saturated rings. The van der Waals surface area contributed by atoms with Crippen LogP contribution in [0.15, 0.2) is 41.8 Å². The smallest absolute Gasteiger partial charge is 0.313 e. The van der Waals surface area contributed by atoms with Crippen LogP contribution in [0.2, 0.25) is 0 Å². The van der Waals surface area contributed by atoms with Crippen molar-refractivity contribution in [2.24, 2.45) is 75.4 Å². The van der Waals surface area contributed by atoms with Crippen LogP contribution in [0.1, 0.15) is 136 Å². The zero-order valence-corrected chi connectivity index (χ0v) is 36.5. The number of aromatic nitrogens is 1. The molecule has 0 amide bonds. The highest BCUT2D eigenvalue weighted by Gasteiger charge is 2.74. The van der Waals surface area contributed by atoms with Gasteiger partial charge in [-0.25, -0.2) is 0 Å². The van der Waals surface area contributed by atoms with Gasteiger partial charge in [0.1, 0.15) is 0 Å². The van der Waals surface area contributed by atoms with Crippen LogP contribution in [0.25, 0.3) is 0 Å². The van der Waals surface area contributed by atoms with E-state index in [1.165, 1.54) is 6.42 Å². The maximum Gasteiger partial charge on any atom is 0.313 e. The lowest BCUT2D eigenvalue weighted by Crippen LogP contribution is -2.65. The Bertz CT molecular complexity index is 2040. The minimum atomic E-state index is -1.59. The van der Waals surface area contributed by atoms with E-state index < -0.39 is 57.6 Å². The number of aliphatic hydroxyl groups is 5. The molecule has 60 heavy (non-hydrogen) atoms. The van der Waals surface area contributed by atoms with Crippen molar-refractivity contribution in [3.05, 3.63) is 47.3 Å². The molecule has 19 atom stereocenters. The number of carbonyl (C=O) groups is 2. The van der Waals surface area contributed by atoms with Gasteiger partial charge < -0.3 is 35.3 Å². The fraction of sp³-hybridized carbons (Fsp3) is 0.765. The van der Waals surface area contributed by atoms with Crippen molar-refractivity contribution in [1.29, 1.82) is 0 Å². The molecule has 2 bridgehead atoms. The van der Waals surface area contributed by atoms with Gasteiger partial charge in [0.2, 0.25) is 0 Å². The Labute approximate surface area is 356 Å². The Hall–Kier alpha value is -2.74. The van der Waals surface area contributed by atoms with Crippen molar-refractivity contribution < 1.29 is 39.9 Å². The molecule has 9 aliphatic rings. The van der Waals surface area contributed by atoms with E-state index in [9.17, 15) is 35.1 Å². The van der Waals surface area contributed by atoms with Crippen LogP contribution < -0.4 is 0 Å². The number of allylic oxidation sites excluding steroid dienone is 3. The van der Waals surface area contributed by atoms with Crippen molar-refractivity contribution in [2.45, 2.75) is 159 Å². The number of fused-ring (bicyclic) bond motifs is 10. The van der Waals surface area contributed by atoms with Crippen molar-refractivity contribution >= 4 is 11.8 Å². The summed E-state index contributed by atoms with van der Waals surface area (Å²) in [6, 6.07) is 1.98. The number of cyclic esters (lactones) is 1. The number of carbonyl (C=O) groups excluding carboxylic acids is 2. The first-order valence-electron chi connectivity index (χ1n) is 23.6. The molecule has 1 aromatic rings. The monoisotopic (exact) mass is 824 g/mol. The van der Waals surface area contributed by atoms with Crippen molar-refractivity contribution in [2.75, 3.05) is 6.61 Å². The minimum absolute atomic E-state index is 0.0845. The molecule has 1 saturated heterocycles. The van der Waals surface area contributed by atoms with Crippen molar-refractivity contribution in [3.63, 3.8) is 0 Å². The summed E-state index contributed by atoms with van der Waals surface area (Å²) in [6.07, 6.45) is 15.2. The minimum Gasteiger partial charge on any atom is -0.465 e. The highest BCUT2D eigenvalue weighted by Crippen LogP contribution is 2.72. The summed E-state index contributed by atoms with van der Waals surface area (Å²) in [6.45, 7) is 11.0. The number of hydrogen-bond donors (Lipinski definition) is 6. The molecule has 1 aliphatic heterocycles. The molecular weight excluding hydrogens is 755 g/mol. The summed E-state index contributed by atoms with van der Waals surface area (Å²) in [5.41, 5.74) is -3.03. The number of esters is 1. The Kier molecular flexibility index (Phi) is 9.55. The van der Waals surface area contributed by atoms with Crippen molar-refractivity contribution in [1.82, 2.24) is 4.98 Å². The number of ether oxygens (including phenoxy) is 1. The molecule has 10 rings (SSSR count). The second-order valence-corrected chi connectivity index (χ2v) is 22.8. The van der Waals surface area contributed by atoms with Crippen LogP contribution in [0, 0.1) is 87.3 Å². The fourth-order valence-electron chi connectivity index (χ4n) is 17.1. The number of ketones is 1. The lowest BCUT2D eigenvalue weighted by molar-refractivity contribution is -0.222. The summed E-state index contributed by atoms with van der Waals surface area (Å²) >= 11 is 0. The first kappa shape index (κ1) is 41.3. The van der Waals surface area contributed by atoms with E-state index in [1.54, 1.807) is 11.6 Å². The van der Waals surface area contributed by atoms with Gasteiger partial charge in [0.15, 0.2) is 5.78 Å². The van der Waals surface area contributed by atoms with Gasteiger partial charge in [0, 0.05) is 47.9 Å². The molecule has 1 aromatic heterocycles. The Balaban J connectivity index is 1.12. The van der Waals surface area contributed by atoms with E-state index in [2.05, 4.69) is 50.6 Å². The number of rotatable bonds is 2. The fourth-order valence-corrected chi connectivity index (χ4v) is 17.1. The third kappa shape index (κ3) is 5.61. The van der Waals surface area contributed by atoms with Gasteiger partial charge >= 0.3 is 5.97 Å². The molecule has 8 aliphatic carbocycles. The Morgan fingerprint density at radius 2 is 1.70 bits per heavy atom. The molecule has 326 valence electrons. The van der Waals surface area contributed by atoms with E-state index in [4.69, 9.17) is 4.74 Å². The van der Waals surface area contributed by atoms with E-state index >= 15 is 0 Å². The SMILES string of the molecule is CC1CCC2=CCC3C(C)CC4(O)CCC3(CC(C3COC(=O)C3c3cc[nH]c3)C#CCC3CC5(O)C6=CC(=O)C7CC(O)C(O)CC7(C)C6CCC5(C)C3C4(C)O)C2C1. The topological polar surface area (TPSA) is 160 Å². The van der Waals surface area contributed by atoms with Crippen LogP contribution in [0.4, 0.5) is 0 Å². The van der Waals surface area contributed by atoms with Crippen LogP contribution in [-0.2, 0) is 14.3 Å². The first-order valence-corrected chi connectivity index (χ1v) is 23.6. The summed E-state index contributed by atoms with van der Waals surface area (Å²) in [7, 11) is 0. The highest BCUT2D eigenvalue weighted by molar-refractivity contribution is 5.95. The summed E-state index contributed by atoms with van der Waals surface area (Å²) < 4.78 is 5.93. The lowest BCUT2D eigenvalue weighted by atomic mass is 9.45. The average Bonchev–Trinajstić information content (AvgIpc) is 3.89. The second-order valence-electron chi connectivity index (χ2n) is 22.8. The van der Waals surface area contributed by atoms with Crippen LogP contribution >= 0.6 is 0 Å². The van der Waals surface area contributed by atoms with Gasteiger partial charge in [-0.2, -0.15) is 0 Å². The maximum absolute atomic E-state index is 14.1. The van der Waals surface area contributed by atoms with Crippen molar-refractivity contribution in [3.8, 4) is 11.8 Å². The second kappa shape index (κ2) is 13.9. The Morgan fingerprint density at radius 1 is 0.900 bits per heavy atom. The third-order valence-corrected chi connectivity index (χ3v) is 20.1. The van der Waals surface area contributed by atoms with Crippen LogP contribution in [0.5, 0.6) is 0 Å². The molecule has 5 saturated carbocycles. The number of hydrogen-bond acceptors (Lipinski definition) is 8. The molecular formula is C51H69NO8. The third-order valence-electron chi connectivity index (χ3n) is 20.1. The van der Waals surface area contributed by atoms with E-state index in [1.807, 2.05) is 25.4 Å². The number of aromatic amines is 1. The highest BCUT2D eigenvalue weighted by atomic mass is 16.5. The van der Waals surface area contributed by atoms with Gasteiger partial charge in [-0.1, -0.05) is 45.3 Å². The summed E-state index contributed by atoms with van der Waals surface area (Å²) in [5, 5.41) is 62.3. The van der Waals surface area contributed by atoms with Gasteiger partial charge in [-0.3, -0.25) is 9.59 Å². The largest absolute Gasteiger partial charge is 0.465 e. The first-order chi connectivity index (χ1) is 28.4. The number of aliphatic hydroxyl groups excluding tert-OH is 2. The quantitative estimate of drug-likeness (QED) is 0.108. The predicted molar refractivity (Wildman–Crippen MR) is 226 cm³/mol. The standard InChI is InChI=1S/C51H69NO8/c1-28-9-10-30-11-12-35-29(2)22-50(58)17-16-49(35,37(30)19-28)23-31(34-27-60-45(56)43(34)33-14-18-52-26-33)7-6-8-32-24-51(59)38-20-40(53)39-21-41(54)42(55)25-46(39,3)36(38)13-15-47(51,4)44(32)48(50,5)57/h11,14,18,20,26,28-29,31-32,34-37,39,41-44,52,54-55,57-59H,8-10,12-13,15-17,19,21-25,27H2,1-5H3. The zero-order chi connectivity index (χ0) is 42.4. The zero-order valence-electron chi connectivity index (χ0n) is 36.5. The van der Waals surface area contributed by atoms with Crippen LogP contribution in [0.3, 0.4) is 0 Å². The molecule has 9 heteroatoms. The average molecular weight is 824 g/mol. The molecule has 0 radical (unpaired) electrons. The molecule has 1 spiro atoms. The van der Waals surface area contributed by atoms with E-state index in [-0.39, 0.29) is 65.5 Å². The normalized spacial score (nSPS) is 53.5. The predicted octanol–water partition coefficient (Wildman–Crippen LogP) is 6.79. The molecule has 2 heterocycles. The van der Waals surface area contributed by atoms with E-state index in [0.29, 0.717) is 62.5 Å². The molecule has 0 aromatic carbocycles. The van der Waals surface area contributed by atoms with Gasteiger partial charge in [0.25, 0.3) is 0 Å². The van der Waals surface area contributed by atoms with Gasteiger partial charge in [-0.15, -0.1) is 5.92 Å². The number of H-pyrrole nitrogens is 1.